The lowest BCUT2D eigenvalue weighted by Crippen LogP contribution is -2.21. The first-order chi connectivity index (χ1) is 17.3. The van der Waals surface area contributed by atoms with Gasteiger partial charge >= 0.3 is 12.1 Å². The monoisotopic (exact) mass is 518 g/mol. The van der Waals surface area contributed by atoms with Gasteiger partial charge in [0, 0.05) is 22.7 Å². The third kappa shape index (κ3) is 5.31. The number of imidazole rings is 1. The number of halogens is 4. The smallest absolute Gasteiger partial charge is 0.405 e. The van der Waals surface area contributed by atoms with E-state index in [1.54, 1.807) is 24.3 Å². The highest BCUT2D eigenvalue weighted by atomic mass is 35.5. The predicted molar refractivity (Wildman–Crippen MR) is 130 cm³/mol. The van der Waals surface area contributed by atoms with Gasteiger partial charge in [0.05, 0.1) is 12.7 Å². The SMILES string of the molecule is O=c1[nH]c2cnc(NC[C@@H]3CCNC3)nc2n1Cc1cc(-c2ccccc2Cl)ccc1OC(F)(F)F. The third-order valence-electron chi connectivity index (χ3n) is 6.02. The molecule has 1 atom stereocenters. The van der Waals surface area contributed by atoms with Crippen LogP contribution in [0.2, 0.25) is 5.02 Å². The number of benzene rings is 2. The number of hydrogen-bond donors (Lipinski definition) is 3. The van der Waals surface area contributed by atoms with Gasteiger partial charge in [-0.3, -0.25) is 4.57 Å². The summed E-state index contributed by atoms with van der Waals surface area (Å²) in [5.74, 6) is 0.353. The standard InChI is InChI=1S/C24H22ClF3N6O2/c25-18-4-2-1-3-17(18)15-5-6-20(36-24(26,27)28)16(9-15)13-34-21-19(32-23(34)35)12-31-22(33-21)30-11-14-7-8-29-10-14/h1-6,9,12,14,29H,7-8,10-11,13H2,(H,32,35)(H,30,31,33)/t14-/m1/s1. The minimum atomic E-state index is -4.90. The van der Waals surface area contributed by atoms with Crippen molar-refractivity contribution in [3.8, 4) is 16.9 Å². The summed E-state index contributed by atoms with van der Waals surface area (Å²) in [6, 6.07) is 11.2. The van der Waals surface area contributed by atoms with Crippen LogP contribution in [0.3, 0.4) is 0 Å². The number of rotatable bonds is 7. The number of aromatic nitrogens is 4. The number of ether oxygens (including phenoxy) is 1. The summed E-state index contributed by atoms with van der Waals surface area (Å²) >= 11 is 6.30. The fourth-order valence-corrected chi connectivity index (χ4v) is 4.51. The number of aromatic amines is 1. The molecule has 0 spiro atoms. The topological polar surface area (TPSA) is 96.9 Å². The molecule has 0 amide bonds. The number of hydrogen-bond acceptors (Lipinski definition) is 6. The molecular weight excluding hydrogens is 497 g/mol. The van der Waals surface area contributed by atoms with E-state index in [1.807, 2.05) is 0 Å². The van der Waals surface area contributed by atoms with Crippen LogP contribution in [-0.2, 0) is 6.54 Å². The molecule has 3 heterocycles. The zero-order valence-corrected chi connectivity index (χ0v) is 19.7. The molecule has 1 saturated heterocycles. The molecule has 2 aromatic carbocycles. The number of H-pyrrole nitrogens is 1. The van der Waals surface area contributed by atoms with Crippen LogP contribution < -0.4 is 21.1 Å². The summed E-state index contributed by atoms with van der Waals surface area (Å²) in [7, 11) is 0. The van der Waals surface area contributed by atoms with E-state index >= 15 is 0 Å². The van der Waals surface area contributed by atoms with Gasteiger partial charge in [0.25, 0.3) is 0 Å². The predicted octanol–water partition coefficient (Wildman–Crippen LogP) is 4.41. The minimum Gasteiger partial charge on any atom is -0.405 e. The number of fused-ring (bicyclic) bond motifs is 1. The molecule has 0 aliphatic carbocycles. The first-order valence-electron chi connectivity index (χ1n) is 11.3. The Morgan fingerprint density at radius 3 is 2.81 bits per heavy atom. The van der Waals surface area contributed by atoms with E-state index in [2.05, 4.69) is 30.3 Å². The van der Waals surface area contributed by atoms with Gasteiger partial charge < -0.3 is 20.4 Å². The molecule has 0 unspecified atom stereocenters. The van der Waals surface area contributed by atoms with Gasteiger partial charge in [-0.05, 0) is 49.2 Å². The van der Waals surface area contributed by atoms with Crippen LogP contribution in [0.15, 0.2) is 53.5 Å². The Morgan fingerprint density at radius 2 is 2.06 bits per heavy atom. The van der Waals surface area contributed by atoms with Gasteiger partial charge in [-0.15, -0.1) is 13.2 Å². The van der Waals surface area contributed by atoms with Crippen molar-refractivity contribution in [3.63, 3.8) is 0 Å². The zero-order chi connectivity index (χ0) is 25.3. The maximum Gasteiger partial charge on any atom is 0.573 e. The molecule has 0 radical (unpaired) electrons. The molecule has 188 valence electrons. The van der Waals surface area contributed by atoms with Crippen LogP contribution in [0, 0.1) is 5.92 Å². The molecule has 0 saturated carbocycles. The van der Waals surface area contributed by atoms with Crippen LogP contribution >= 0.6 is 11.6 Å². The summed E-state index contributed by atoms with van der Waals surface area (Å²) in [5, 5.41) is 6.91. The van der Waals surface area contributed by atoms with Crippen molar-refractivity contribution in [3.05, 3.63) is 69.7 Å². The summed E-state index contributed by atoms with van der Waals surface area (Å²) in [6.07, 6.45) is -2.39. The fourth-order valence-electron chi connectivity index (χ4n) is 4.26. The van der Waals surface area contributed by atoms with Crippen LogP contribution in [0.4, 0.5) is 19.1 Å². The second kappa shape index (κ2) is 9.82. The maximum atomic E-state index is 13.1. The lowest BCUT2D eigenvalue weighted by atomic mass is 10.0. The molecule has 8 nitrogen and oxygen atoms in total. The van der Waals surface area contributed by atoms with Crippen LogP contribution in [0.5, 0.6) is 5.75 Å². The Bertz CT molecular complexity index is 1450. The Hall–Kier alpha value is -3.57. The molecular formula is C24H22ClF3N6O2. The average molecular weight is 519 g/mol. The van der Waals surface area contributed by atoms with Gasteiger partial charge in [-0.2, -0.15) is 4.98 Å². The number of anilines is 1. The summed E-state index contributed by atoms with van der Waals surface area (Å²) < 4.78 is 44.9. The normalized spacial score (nSPS) is 15.9. The summed E-state index contributed by atoms with van der Waals surface area (Å²) in [5.41, 5.74) is 1.47. The van der Waals surface area contributed by atoms with E-state index in [9.17, 15) is 18.0 Å². The molecule has 4 aromatic rings. The molecule has 5 rings (SSSR count). The molecule has 12 heteroatoms. The van der Waals surface area contributed by atoms with Crippen molar-refractivity contribution in [2.24, 2.45) is 5.92 Å². The maximum absolute atomic E-state index is 13.1. The lowest BCUT2D eigenvalue weighted by molar-refractivity contribution is -0.274. The molecule has 0 bridgehead atoms. The van der Waals surface area contributed by atoms with E-state index in [1.165, 1.54) is 29.0 Å². The quantitative estimate of drug-likeness (QED) is 0.335. The molecule has 1 aliphatic heterocycles. The largest absolute Gasteiger partial charge is 0.573 e. The third-order valence-corrected chi connectivity index (χ3v) is 6.35. The average Bonchev–Trinajstić information content (AvgIpc) is 3.46. The first-order valence-corrected chi connectivity index (χ1v) is 11.7. The molecule has 1 aliphatic rings. The fraction of sp³-hybridized carbons (Fsp3) is 0.292. The second-order valence-corrected chi connectivity index (χ2v) is 8.94. The van der Waals surface area contributed by atoms with Crippen molar-refractivity contribution in [1.29, 1.82) is 0 Å². The van der Waals surface area contributed by atoms with Crippen molar-refractivity contribution in [2.45, 2.75) is 19.3 Å². The first kappa shape index (κ1) is 24.1. The molecule has 36 heavy (non-hydrogen) atoms. The van der Waals surface area contributed by atoms with Crippen LogP contribution in [-0.4, -0.2) is 45.5 Å². The van der Waals surface area contributed by atoms with Crippen molar-refractivity contribution in [1.82, 2.24) is 24.8 Å². The highest BCUT2D eigenvalue weighted by Gasteiger charge is 2.32. The summed E-state index contributed by atoms with van der Waals surface area (Å²) in [6.45, 7) is 2.30. The Balaban J connectivity index is 1.51. The highest BCUT2D eigenvalue weighted by Crippen LogP contribution is 2.34. The van der Waals surface area contributed by atoms with Crippen LogP contribution in [0.1, 0.15) is 12.0 Å². The van der Waals surface area contributed by atoms with Crippen LogP contribution in [0.25, 0.3) is 22.3 Å². The summed E-state index contributed by atoms with van der Waals surface area (Å²) in [4.78, 5) is 24.1. The van der Waals surface area contributed by atoms with E-state index in [0.29, 0.717) is 40.1 Å². The van der Waals surface area contributed by atoms with Gasteiger partial charge in [-0.1, -0.05) is 35.9 Å². The Morgan fingerprint density at radius 1 is 1.22 bits per heavy atom. The molecule has 2 aromatic heterocycles. The van der Waals surface area contributed by atoms with E-state index in [4.69, 9.17) is 11.6 Å². The van der Waals surface area contributed by atoms with E-state index < -0.39 is 17.8 Å². The van der Waals surface area contributed by atoms with Crippen molar-refractivity contribution in [2.75, 3.05) is 25.0 Å². The molecule has 1 fully saturated rings. The lowest BCUT2D eigenvalue weighted by Gasteiger charge is -2.16. The van der Waals surface area contributed by atoms with Gasteiger partial charge in [0.15, 0.2) is 5.65 Å². The van der Waals surface area contributed by atoms with Gasteiger partial charge in [0.2, 0.25) is 5.95 Å². The van der Waals surface area contributed by atoms with Gasteiger partial charge in [-0.25, -0.2) is 9.78 Å². The second-order valence-electron chi connectivity index (χ2n) is 8.54. The number of nitrogens with one attached hydrogen (secondary N) is 3. The Kier molecular flexibility index (Phi) is 6.59. The van der Waals surface area contributed by atoms with Crippen molar-refractivity contribution >= 4 is 28.7 Å². The minimum absolute atomic E-state index is 0.137. The Labute approximate surface area is 208 Å². The van der Waals surface area contributed by atoms with Gasteiger partial charge in [0.1, 0.15) is 11.3 Å². The number of nitrogens with zero attached hydrogens (tertiary/aromatic N) is 3. The highest BCUT2D eigenvalue weighted by molar-refractivity contribution is 6.33. The molecule has 3 N–H and O–H groups in total. The van der Waals surface area contributed by atoms with Crippen molar-refractivity contribution < 1.29 is 17.9 Å². The number of alkyl halides is 3. The van der Waals surface area contributed by atoms with E-state index in [-0.39, 0.29) is 17.8 Å². The zero-order valence-electron chi connectivity index (χ0n) is 18.9. The van der Waals surface area contributed by atoms with E-state index in [0.717, 1.165) is 19.5 Å².